The quantitative estimate of drug-likeness (QED) is 0.168. The number of benzene rings is 3. The van der Waals surface area contributed by atoms with E-state index in [4.69, 9.17) is 14.2 Å². The van der Waals surface area contributed by atoms with Crippen LogP contribution in [0.4, 0.5) is 22.0 Å². The predicted octanol–water partition coefficient (Wildman–Crippen LogP) is 7.84. The van der Waals surface area contributed by atoms with Crippen LogP contribution in [0.5, 0.6) is 17.2 Å². The van der Waals surface area contributed by atoms with Crippen LogP contribution in [0.25, 0.3) is 0 Å². The standard InChI is InChI=1S/C29H27F5O4/c1-3-36-22-12-11-20(25(31)26(22)32)17-7-5-16(6-8-17)19-10-9-18(15-21(19)30)29(35)38-24-14-13-23(37-4-2)27(33)28(24)34/h9-17H,3-8H2,1-2H3. The summed E-state index contributed by atoms with van der Waals surface area (Å²) >= 11 is 0. The van der Waals surface area contributed by atoms with E-state index < -0.39 is 40.8 Å². The van der Waals surface area contributed by atoms with Crippen LogP contribution in [0.1, 0.15) is 72.9 Å². The highest BCUT2D eigenvalue weighted by Crippen LogP contribution is 2.43. The molecule has 0 unspecified atom stereocenters. The van der Waals surface area contributed by atoms with Crippen molar-refractivity contribution in [2.24, 2.45) is 0 Å². The molecular weight excluding hydrogens is 507 g/mol. The molecule has 0 aromatic heterocycles. The maximum atomic E-state index is 15.0. The topological polar surface area (TPSA) is 44.8 Å². The first-order valence-electron chi connectivity index (χ1n) is 12.5. The van der Waals surface area contributed by atoms with Crippen molar-refractivity contribution in [1.29, 1.82) is 0 Å². The van der Waals surface area contributed by atoms with Crippen LogP contribution in [0.15, 0.2) is 42.5 Å². The Hall–Kier alpha value is -3.62. The second-order valence-electron chi connectivity index (χ2n) is 9.01. The van der Waals surface area contributed by atoms with Crippen LogP contribution in [0.3, 0.4) is 0 Å². The molecule has 4 rings (SSSR count). The summed E-state index contributed by atoms with van der Waals surface area (Å²) in [7, 11) is 0. The molecule has 4 nitrogen and oxygen atoms in total. The highest BCUT2D eigenvalue weighted by Gasteiger charge is 2.29. The molecular formula is C29H27F5O4. The molecule has 1 saturated carbocycles. The Bertz CT molecular complexity index is 1320. The minimum absolute atomic E-state index is 0.125. The second kappa shape index (κ2) is 11.8. The molecule has 3 aromatic rings. The van der Waals surface area contributed by atoms with Gasteiger partial charge in [-0.25, -0.2) is 13.6 Å². The van der Waals surface area contributed by atoms with Crippen molar-refractivity contribution in [2.75, 3.05) is 13.2 Å². The van der Waals surface area contributed by atoms with Gasteiger partial charge in [-0.1, -0.05) is 12.1 Å². The van der Waals surface area contributed by atoms with Crippen molar-refractivity contribution in [1.82, 2.24) is 0 Å². The van der Waals surface area contributed by atoms with Crippen molar-refractivity contribution in [3.8, 4) is 17.2 Å². The number of esters is 1. The lowest BCUT2D eigenvalue weighted by atomic mass is 9.76. The van der Waals surface area contributed by atoms with Gasteiger partial charge in [0.2, 0.25) is 17.5 Å². The van der Waals surface area contributed by atoms with E-state index in [-0.39, 0.29) is 47.7 Å². The first kappa shape index (κ1) is 27.4. The Morgan fingerprint density at radius 1 is 0.684 bits per heavy atom. The summed E-state index contributed by atoms with van der Waals surface area (Å²) in [5.41, 5.74) is 0.498. The minimum atomic E-state index is -1.39. The lowest BCUT2D eigenvalue weighted by Gasteiger charge is -2.29. The van der Waals surface area contributed by atoms with E-state index in [1.165, 1.54) is 24.3 Å². The molecule has 38 heavy (non-hydrogen) atoms. The number of hydrogen-bond acceptors (Lipinski definition) is 4. The highest BCUT2D eigenvalue weighted by molar-refractivity contribution is 5.91. The van der Waals surface area contributed by atoms with Gasteiger partial charge in [-0.3, -0.25) is 0 Å². The van der Waals surface area contributed by atoms with Crippen molar-refractivity contribution >= 4 is 5.97 Å². The third-order valence-electron chi connectivity index (χ3n) is 6.73. The first-order valence-corrected chi connectivity index (χ1v) is 12.5. The SMILES string of the molecule is CCOc1ccc(OC(=O)c2ccc(C3CCC(c4ccc(OCC)c(F)c4F)CC3)c(F)c2)c(F)c1F. The molecule has 0 atom stereocenters. The van der Waals surface area contributed by atoms with Crippen LogP contribution in [-0.4, -0.2) is 19.2 Å². The number of carbonyl (C=O) groups is 1. The molecule has 3 aromatic carbocycles. The molecule has 0 spiro atoms. The Morgan fingerprint density at radius 3 is 1.74 bits per heavy atom. The molecule has 1 fully saturated rings. The molecule has 9 heteroatoms. The van der Waals surface area contributed by atoms with E-state index in [2.05, 4.69) is 0 Å². The molecule has 0 amide bonds. The Morgan fingerprint density at radius 2 is 1.16 bits per heavy atom. The summed E-state index contributed by atoms with van der Waals surface area (Å²) in [4.78, 5) is 12.5. The average Bonchev–Trinajstić information content (AvgIpc) is 2.91. The van der Waals surface area contributed by atoms with E-state index in [0.717, 1.165) is 18.2 Å². The number of halogens is 5. The van der Waals surface area contributed by atoms with E-state index >= 15 is 0 Å². The maximum Gasteiger partial charge on any atom is 0.343 e. The molecule has 0 bridgehead atoms. The number of carbonyl (C=O) groups excluding carboxylic acids is 1. The van der Waals surface area contributed by atoms with Crippen LogP contribution in [0.2, 0.25) is 0 Å². The fourth-order valence-corrected chi connectivity index (χ4v) is 4.85. The van der Waals surface area contributed by atoms with Crippen LogP contribution in [-0.2, 0) is 0 Å². The minimum Gasteiger partial charge on any atom is -0.491 e. The third-order valence-corrected chi connectivity index (χ3v) is 6.73. The summed E-state index contributed by atoms with van der Waals surface area (Å²) < 4.78 is 87.2. The van der Waals surface area contributed by atoms with Crippen LogP contribution in [0, 0.1) is 29.1 Å². The summed E-state index contributed by atoms with van der Waals surface area (Å²) in [5, 5.41) is 0. The van der Waals surface area contributed by atoms with Gasteiger partial charge in [-0.2, -0.15) is 13.2 Å². The lowest BCUT2D eigenvalue weighted by Crippen LogP contribution is -2.16. The summed E-state index contributed by atoms with van der Waals surface area (Å²) in [6.07, 6.45) is 2.13. The lowest BCUT2D eigenvalue weighted by molar-refractivity contribution is 0.0725. The van der Waals surface area contributed by atoms with Crippen LogP contribution < -0.4 is 14.2 Å². The first-order chi connectivity index (χ1) is 18.2. The van der Waals surface area contributed by atoms with Crippen molar-refractivity contribution < 1.29 is 41.0 Å². The van der Waals surface area contributed by atoms with Crippen molar-refractivity contribution in [3.63, 3.8) is 0 Å². The molecule has 1 aliphatic rings. The van der Waals surface area contributed by atoms with Gasteiger partial charge in [0, 0.05) is 0 Å². The van der Waals surface area contributed by atoms with Crippen LogP contribution >= 0.6 is 0 Å². The van der Waals surface area contributed by atoms with Gasteiger partial charge >= 0.3 is 5.97 Å². The Kier molecular flexibility index (Phi) is 8.54. The van der Waals surface area contributed by atoms with Gasteiger partial charge in [0.1, 0.15) is 5.82 Å². The van der Waals surface area contributed by atoms with Gasteiger partial charge in [-0.05, 0) is 92.8 Å². The highest BCUT2D eigenvalue weighted by atomic mass is 19.2. The number of ether oxygens (including phenoxy) is 3. The summed E-state index contributed by atoms with van der Waals surface area (Å²) in [6.45, 7) is 3.64. The largest absolute Gasteiger partial charge is 0.491 e. The second-order valence-corrected chi connectivity index (χ2v) is 9.01. The monoisotopic (exact) mass is 534 g/mol. The van der Waals surface area contributed by atoms with E-state index in [1.54, 1.807) is 13.8 Å². The summed E-state index contributed by atoms with van der Waals surface area (Å²) in [5.74, 6) is -7.76. The van der Waals surface area contributed by atoms with E-state index in [9.17, 15) is 26.7 Å². The molecule has 0 aliphatic heterocycles. The summed E-state index contributed by atoms with van der Waals surface area (Å²) in [6, 6.07) is 8.97. The van der Waals surface area contributed by atoms with Gasteiger partial charge in [0.15, 0.2) is 23.1 Å². The Balaban J connectivity index is 1.42. The van der Waals surface area contributed by atoms with Crippen molar-refractivity contribution in [3.05, 3.63) is 88.2 Å². The predicted molar refractivity (Wildman–Crippen MR) is 130 cm³/mol. The molecule has 1 aliphatic carbocycles. The fourth-order valence-electron chi connectivity index (χ4n) is 4.85. The zero-order valence-electron chi connectivity index (χ0n) is 21.0. The van der Waals surface area contributed by atoms with E-state index in [1.807, 2.05) is 0 Å². The average molecular weight is 535 g/mol. The molecule has 0 heterocycles. The smallest absolute Gasteiger partial charge is 0.343 e. The normalized spacial score (nSPS) is 17.2. The van der Waals surface area contributed by atoms with E-state index in [0.29, 0.717) is 31.2 Å². The van der Waals surface area contributed by atoms with Crippen molar-refractivity contribution in [2.45, 2.75) is 51.4 Å². The molecule has 0 N–H and O–H groups in total. The third kappa shape index (κ3) is 5.61. The Labute approximate surface area is 217 Å². The molecule has 0 saturated heterocycles. The molecule has 0 radical (unpaired) electrons. The zero-order chi connectivity index (χ0) is 27.4. The van der Waals surface area contributed by atoms with Gasteiger partial charge < -0.3 is 14.2 Å². The number of hydrogen-bond donors (Lipinski definition) is 0. The van der Waals surface area contributed by atoms with Gasteiger partial charge in [0.25, 0.3) is 0 Å². The zero-order valence-corrected chi connectivity index (χ0v) is 21.0. The maximum absolute atomic E-state index is 15.0. The fraction of sp³-hybridized carbons (Fsp3) is 0.345. The molecule has 202 valence electrons. The van der Waals surface area contributed by atoms with Gasteiger partial charge in [0.05, 0.1) is 18.8 Å². The number of rotatable bonds is 8. The van der Waals surface area contributed by atoms with Gasteiger partial charge in [-0.15, -0.1) is 0 Å².